The summed E-state index contributed by atoms with van der Waals surface area (Å²) in [7, 11) is -3.55. The van der Waals surface area contributed by atoms with Crippen LogP contribution in [0.15, 0.2) is 65.6 Å². The maximum Gasteiger partial charge on any atom is 0.243 e. The van der Waals surface area contributed by atoms with Gasteiger partial charge in [0.2, 0.25) is 10.0 Å². The molecule has 4 aromatic rings. The monoisotopic (exact) mass is 509 g/mol. The van der Waals surface area contributed by atoms with Crippen molar-refractivity contribution in [2.24, 2.45) is 0 Å². The first-order valence-electron chi connectivity index (χ1n) is 12.2. The predicted octanol–water partition coefficient (Wildman–Crippen LogP) is 5.44. The number of thioether (sulfide) groups is 1. The number of ether oxygens (including phenoxy) is 1. The van der Waals surface area contributed by atoms with E-state index >= 15 is 0 Å². The molecule has 35 heavy (non-hydrogen) atoms. The topological polar surface area (TPSA) is 64.4 Å². The Morgan fingerprint density at radius 1 is 1.00 bits per heavy atom. The number of morpholine rings is 1. The van der Waals surface area contributed by atoms with Crippen LogP contribution >= 0.6 is 11.8 Å². The Bertz CT molecular complexity index is 1420. The molecule has 8 heteroatoms. The van der Waals surface area contributed by atoms with E-state index in [0.717, 1.165) is 47.7 Å². The lowest BCUT2D eigenvalue weighted by atomic mass is 10.1. The number of benzene rings is 3. The molecule has 0 radical (unpaired) electrons. The van der Waals surface area contributed by atoms with Crippen molar-refractivity contribution in [3.63, 3.8) is 0 Å². The smallest absolute Gasteiger partial charge is 0.243 e. The fraction of sp³-hybridized carbons (Fsp3) is 0.370. The van der Waals surface area contributed by atoms with Gasteiger partial charge < -0.3 is 9.30 Å². The van der Waals surface area contributed by atoms with E-state index < -0.39 is 10.0 Å². The lowest BCUT2D eigenvalue weighted by molar-refractivity contribution is 0.0730. The molecule has 0 N–H and O–H groups in total. The lowest BCUT2D eigenvalue weighted by Crippen LogP contribution is -2.40. The third-order valence-corrected chi connectivity index (χ3v) is 9.38. The van der Waals surface area contributed by atoms with E-state index in [4.69, 9.17) is 9.72 Å². The number of aryl methyl sites for hydroxylation is 1. The van der Waals surface area contributed by atoms with Gasteiger partial charge in [-0.3, -0.25) is 0 Å². The third-order valence-electron chi connectivity index (χ3n) is 6.51. The summed E-state index contributed by atoms with van der Waals surface area (Å²) in [6, 6.07) is 20.3. The molecule has 0 saturated carbocycles. The minimum Gasteiger partial charge on any atom is -0.379 e. The summed E-state index contributed by atoms with van der Waals surface area (Å²) in [6.07, 6.45) is 2.14. The Labute approximate surface area is 211 Å². The highest BCUT2D eigenvalue weighted by molar-refractivity contribution is 7.97. The van der Waals surface area contributed by atoms with Crippen molar-refractivity contribution in [2.45, 2.75) is 42.7 Å². The van der Waals surface area contributed by atoms with Crippen molar-refractivity contribution >= 4 is 43.6 Å². The number of sulfonamides is 1. The molecule has 2 heterocycles. The van der Waals surface area contributed by atoms with Crippen molar-refractivity contribution in [2.75, 3.05) is 26.3 Å². The van der Waals surface area contributed by atoms with Crippen molar-refractivity contribution in [3.8, 4) is 0 Å². The van der Waals surface area contributed by atoms with Gasteiger partial charge in [0.25, 0.3) is 0 Å². The molecule has 0 amide bonds. The van der Waals surface area contributed by atoms with Gasteiger partial charge in [0.15, 0.2) is 0 Å². The number of hydrogen-bond acceptors (Lipinski definition) is 5. The maximum atomic E-state index is 13.2. The number of nitrogens with zero attached hydrogens (tertiary/aromatic N) is 3. The van der Waals surface area contributed by atoms with Gasteiger partial charge in [-0.05, 0) is 41.0 Å². The quantitative estimate of drug-likeness (QED) is 0.300. The van der Waals surface area contributed by atoms with E-state index in [-0.39, 0.29) is 0 Å². The first-order chi connectivity index (χ1) is 17.1. The van der Waals surface area contributed by atoms with Gasteiger partial charge in [0.05, 0.1) is 34.9 Å². The normalized spacial score (nSPS) is 15.2. The molecule has 3 aromatic carbocycles. The Kier molecular flexibility index (Phi) is 7.43. The highest BCUT2D eigenvalue weighted by atomic mass is 32.2. The summed E-state index contributed by atoms with van der Waals surface area (Å²) in [6.45, 7) is 4.72. The SMILES string of the molecule is CCCCn1c(CSCc2cccc3ccccc23)nc2cc(S(=O)(=O)N3CCOCC3)ccc21. The zero-order valence-corrected chi connectivity index (χ0v) is 21.7. The first-order valence-corrected chi connectivity index (χ1v) is 14.8. The van der Waals surface area contributed by atoms with Crippen LogP contribution in [-0.2, 0) is 32.8 Å². The standard InChI is InChI=1S/C27H31N3O3S2/c1-2-3-13-30-26-12-11-23(35(31,32)29-14-16-33-17-15-29)18-25(26)28-27(30)20-34-19-22-9-6-8-21-7-4-5-10-24(21)22/h4-12,18H,2-3,13-17,19-20H2,1H3. The zero-order valence-electron chi connectivity index (χ0n) is 20.0. The number of unbranched alkanes of at least 4 members (excludes halogenated alkanes) is 1. The lowest BCUT2D eigenvalue weighted by Gasteiger charge is -2.26. The van der Waals surface area contributed by atoms with Crippen LogP contribution in [-0.4, -0.2) is 48.6 Å². The second-order valence-corrected chi connectivity index (χ2v) is 11.8. The number of aromatic nitrogens is 2. The molecule has 184 valence electrons. The molecule has 1 aromatic heterocycles. The fourth-order valence-electron chi connectivity index (χ4n) is 4.60. The maximum absolute atomic E-state index is 13.2. The molecule has 1 aliphatic heterocycles. The molecular weight excluding hydrogens is 478 g/mol. The van der Waals surface area contributed by atoms with Gasteiger partial charge >= 0.3 is 0 Å². The minimum atomic E-state index is -3.55. The molecule has 0 atom stereocenters. The van der Waals surface area contributed by atoms with Gasteiger partial charge in [0.1, 0.15) is 5.82 Å². The molecular formula is C27H31N3O3S2. The van der Waals surface area contributed by atoms with E-state index in [2.05, 4.69) is 54.0 Å². The molecule has 0 unspecified atom stereocenters. The van der Waals surface area contributed by atoms with Crippen LogP contribution in [0.2, 0.25) is 0 Å². The summed E-state index contributed by atoms with van der Waals surface area (Å²) < 4.78 is 35.4. The van der Waals surface area contributed by atoms with E-state index in [9.17, 15) is 8.42 Å². The Morgan fingerprint density at radius 2 is 1.80 bits per heavy atom. The van der Waals surface area contributed by atoms with Crippen LogP contribution in [0.5, 0.6) is 0 Å². The van der Waals surface area contributed by atoms with Gasteiger partial charge in [0, 0.05) is 25.4 Å². The van der Waals surface area contributed by atoms with E-state index in [1.807, 2.05) is 17.8 Å². The van der Waals surface area contributed by atoms with Crippen LogP contribution in [0.25, 0.3) is 21.8 Å². The molecule has 5 rings (SSSR count). The van der Waals surface area contributed by atoms with Crippen LogP contribution in [0.1, 0.15) is 31.2 Å². The Morgan fingerprint density at radius 3 is 2.63 bits per heavy atom. The van der Waals surface area contributed by atoms with Crippen molar-refractivity contribution in [3.05, 3.63) is 72.1 Å². The number of hydrogen-bond donors (Lipinski definition) is 0. The predicted molar refractivity (Wildman–Crippen MR) is 143 cm³/mol. The number of fused-ring (bicyclic) bond motifs is 2. The highest BCUT2D eigenvalue weighted by Gasteiger charge is 2.27. The summed E-state index contributed by atoms with van der Waals surface area (Å²) in [5.41, 5.74) is 3.07. The zero-order chi connectivity index (χ0) is 24.3. The largest absolute Gasteiger partial charge is 0.379 e. The molecule has 1 saturated heterocycles. The van der Waals surface area contributed by atoms with Crippen molar-refractivity contribution < 1.29 is 13.2 Å². The van der Waals surface area contributed by atoms with Crippen LogP contribution in [0, 0.1) is 0 Å². The van der Waals surface area contributed by atoms with Crippen LogP contribution < -0.4 is 0 Å². The fourth-order valence-corrected chi connectivity index (χ4v) is 7.01. The summed E-state index contributed by atoms with van der Waals surface area (Å²) in [5, 5.41) is 2.55. The molecule has 6 nitrogen and oxygen atoms in total. The summed E-state index contributed by atoms with van der Waals surface area (Å²) in [4.78, 5) is 5.22. The molecule has 1 aliphatic rings. The van der Waals surface area contributed by atoms with Crippen molar-refractivity contribution in [1.82, 2.24) is 13.9 Å². The third kappa shape index (κ3) is 5.11. The van der Waals surface area contributed by atoms with Crippen LogP contribution in [0.4, 0.5) is 0 Å². The van der Waals surface area contributed by atoms with Gasteiger partial charge in [-0.2, -0.15) is 4.31 Å². The summed E-state index contributed by atoms with van der Waals surface area (Å²) in [5.74, 6) is 2.67. The number of imidazole rings is 1. The second-order valence-electron chi connectivity index (χ2n) is 8.83. The average molecular weight is 510 g/mol. The van der Waals surface area contributed by atoms with E-state index in [1.54, 1.807) is 12.1 Å². The Hall–Kier alpha value is -2.39. The Balaban J connectivity index is 1.40. The van der Waals surface area contributed by atoms with E-state index in [0.29, 0.717) is 31.2 Å². The van der Waals surface area contributed by atoms with Gasteiger partial charge in [-0.1, -0.05) is 55.8 Å². The van der Waals surface area contributed by atoms with Crippen molar-refractivity contribution in [1.29, 1.82) is 0 Å². The summed E-state index contributed by atoms with van der Waals surface area (Å²) >= 11 is 1.85. The second kappa shape index (κ2) is 10.7. The van der Waals surface area contributed by atoms with Gasteiger partial charge in [-0.15, -0.1) is 11.8 Å². The average Bonchev–Trinajstić information content (AvgIpc) is 3.24. The van der Waals surface area contributed by atoms with Gasteiger partial charge in [-0.25, -0.2) is 13.4 Å². The molecule has 0 bridgehead atoms. The highest BCUT2D eigenvalue weighted by Crippen LogP contribution is 2.28. The molecule has 0 spiro atoms. The van der Waals surface area contributed by atoms with Crippen LogP contribution in [0.3, 0.4) is 0 Å². The molecule has 0 aliphatic carbocycles. The first kappa shape index (κ1) is 24.3. The minimum absolute atomic E-state index is 0.307. The molecule has 1 fully saturated rings. The number of rotatable bonds is 9. The van der Waals surface area contributed by atoms with E-state index in [1.165, 1.54) is 20.6 Å².